The van der Waals surface area contributed by atoms with Crippen LogP contribution in [0.5, 0.6) is 0 Å². The molecular formula is C12H16FNS. The SMILES string of the molecule is CSc1c(F)cccc1C1(C)CCCN1. The summed E-state index contributed by atoms with van der Waals surface area (Å²) in [5.41, 5.74) is 1.06. The van der Waals surface area contributed by atoms with E-state index in [2.05, 4.69) is 12.2 Å². The van der Waals surface area contributed by atoms with E-state index < -0.39 is 0 Å². The predicted octanol–water partition coefficient (Wildman–Crippen LogP) is 3.15. The zero-order valence-electron chi connectivity index (χ0n) is 9.14. The summed E-state index contributed by atoms with van der Waals surface area (Å²) in [6.07, 6.45) is 4.19. The summed E-state index contributed by atoms with van der Waals surface area (Å²) in [5, 5.41) is 3.47. The van der Waals surface area contributed by atoms with Gasteiger partial charge in [-0.1, -0.05) is 12.1 Å². The Balaban J connectivity index is 2.47. The lowest BCUT2D eigenvalue weighted by molar-refractivity contribution is 0.420. The molecule has 1 unspecified atom stereocenters. The normalized spacial score (nSPS) is 25.8. The van der Waals surface area contributed by atoms with Crippen molar-refractivity contribution in [3.63, 3.8) is 0 Å². The van der Waals surface area contributed by atoms with E-state index in [1.165, 1.54) is 24.2 Å². The number of halogens is 1. The molecule has 1 aromatic carbocycles. The van der Waals surface area contributed by atoms with Crippen molar-refractivity contribution in [1.82, 2.24) is 5.32 Å². The van der Waals surface area contributed by atoms with Crippen LogP contribution in [0.1, 0.15) is 25.3 Å². The average Bonchev–Trinajstić information content (AvgIpc) is 2.66. The molecule has 0 saturated carbocycles. The fourth-order valence-electron chi connectivity index (χ4n) is 2.28. The van der Waals surface area contributed by atoms with Gasteiger partial charge in [-0.25, -0.2) is 4.39 Å². The topological polar surface area (TPSA) is 12.0 Å². The molecule has 2 rings (SSSR count). The van der Waals surface area contributed by atoms with Crippen molar-refractivity contribution in [1.29, 1.82) is 0 Å². The maximum atomic E-state index is 13.6. The van der Waals surface area contributed by atoms with Crippen LogP contribution in [-0.2, 0) is 5.54 Å². The third-order valence-corrected chi connectivity index (χ3v) is 3.96. The summed E-state index contributed by atoms with van der Waals surface area (Å²) in [6.45, 7) is 3.19. The quantitative estimate of drug-likeness (QED) is 0.776. The third-order valence-electron chi connectivity index (χ3n) is 3.13. The minimum absolute atomic E-state index is 0.0412. The molecule has 0 radical (unpaired) electrons. The highest BCUT2D eigenvalue weighted by Gasteiger charge is 2.32. The molecule has 0 aliphatic carbocycles. The summed E-state index contributed by atoms with van der Waals surface area (Å²) in [5.74, 6) is -0.102. The molecular weight excluding hydrogens is 209 g/mol. The first-order valence-corrected chi connectivity index (χ1v) is 6.48. The second-order valence-electron chi connectivity index (χ2n) is 4.18. The number of nitrogens with one attached hydrogen (secondary N) is 1. The number of hydrogen-bond donors (Lipinski definition) is 1. The van der Waals surface area contributed by atoms with Crippen LogP contribution < -0.4 is 5.32 Å². The van der Waals surface area contributed by atoms with Crippen molar-refractivity contribution in [2.24, 2.45) is 0 Å². The maximum Gasteiger partial charge on any atom is 0.137 e. The van der Waals surface area contributed by atoms with E-state index in [-0.39, 0.29) is 11.4 Å². The van der Waals surface area contributed by atoms with Crippen molar-refractivity contribution in [2.45, 2.75) is 30.2 Å². The molecule has 1 aliphatic heterocycles. The highest BCUT2D eigenvalue weighted by atomic mass is 32.2. The Morgan fingerprint density at radius 2 is 2.27 bits per heavy atom. The zero-order chi connectivity index (χ0) is 10.9. The molecule has 1 saturated heterocycles. The fraction of sp³-hybridized carbons (Fsp3) is 0.500. The standard InChI is InChI=1S/C12H16FNS/c1-12(7-4-8-14-12)9-5-3-6-10(13)11(9)15-2/h3,5-6,14H,4,7-8H2,1-2H3. The number of benzene rings is 1. The smallest absolute Gasteiger partial charge is 0.137 e. The Morgan fingerprint density at radius 3 is 2.87 bits per heavy atom. The van der Waals surface area contributed by atoms with Gasteiger partial charge >= 0.3 is 0 Å². The van der Waals surface area contributed by atoms with Gasteiger partial charge in [-0.3, -0.25) is 0 Å². The molecule has 1 fully saturated rings. The summed E-state index contributed by atoms with van der Waals surface area (Å²) < 4.78 is 13.6. The first kappa shape index (κ1) is 11.0. The zero-order valence-corrected chi connectivity index (χ0v) is 9.96. The van der Waals surface area contributed by atoms with Gasteiger partial charge in [-0.15, -0.1) is 11.8 Å². The lowest BCUT2D eigenvalue weighted by Crippen LogP contribution is -2.33. The maximum absolute atomic E-state index is 13.6. The molecule has 1 heterocycles. The van der Waals surface area contributed by atoms with Gasteiger partial charge < -0.3 is 5.32 Å². The Labute approximate surface area is 94.5 Å². The Bertz CT molecular complexity index is 359. The van der Waals surface area contributed by atoms with Gasteiger partial charge in [0.15, 0.2) is 0 Å². The van der Waals surface area contributed by atoms with Crippen molar-refractivity contribution in [2.75, 3.05) is 12.8 Å². The highest BCUT2D eigenvalue weighted by Crippen LogP contribution is 2.37. The van der Waals surface area contributed by atoms with Gasteiger partial charge in [-0.2, -0.15) is 0 Å². The van der Waals surface area contributed by atoms with Gasteiger partial charge in [0.25, 0.3) is 0 Å². The average molecular weight is 225 g/mol. The van der Waals surface area contributed by atoms with E-state index in [4.69, 9.17) is 0 Å². The molecule has 1 atom stereocenters. The summed E-state index contributed by atoms with van der Waals surface area (Å²) in [4.78, 5) is 0.786. The van der Waals surface area contributed by atoms with E-state index in [1.54, 1.807) is 6.07 Å². The summed E-state index contributed by atoms with van der Waals surface area (Å²) >= 11 is 1.49. The third kappa shape index (κ3) is 1.91. The number of rotatable bonds is 2. The summed E-state index contributed by atoms with van der Waals surface area (Å²) in [6, 6.07) is 5.37. The van der Waals surface area contributed by atoms with Crippen LogP contribution in [0.3, 0.4) is 0 Å². The predicted molar refractivity (Wildman–Crippen MR) is 62.8 cm³/mol. The first-order chi connectivity index (χ1) is 7.17. The van der Waals surface area contributed by atoms with Crippen LogP contribution in [0.15, 0.2) is 23.1 Å². The minimum atomic E-state index is -0.102. The lowest BCUT2D eigenvalue weighted by atomic mass is 9.90. The van der Waals surface area contributed by atoms with Crippen molar-refractivity contribution in [3.8, 4) is 0 Å². The fourth-order valence-corrected chi connectivity index (χ4v) is 3.05. The first-order valence-electron chi connectivity index (χ1n) is 5.25. The van der Waals surface area contributed by atoms with Gasteiger partial charge in [0.2, 0.25) is 0 Å². The largest absolute Gasteiger partial charge is 0.308 e. The molecule has 15 heavy (non-hydrogen) atoms. The molecule has 1 nitrogen and oxygen atoms in total. The van der Waals surface area contributed by atoms with Crippen molar-refractivity contribution >= 4 is 11.8 Å². The van der Waals surface area contributed by atoms with E-state index in [0.29, 0.717) is 0 Å². The Hall–Kier alpha value is -0.540. The molecule has 0 spiro atoms. The molecule has 0 aromatic heterocycles. The van der Waals surface area contributed by atoms with Crippen LogP contribution >= 0.6 is 11.8 Å². The van der Waals surface area contributed by atoms with Crippen LogP contribution in [0.2, 0.25) is 0 Å². The van der Waals surface area contributed by atoms with Crippen LogP contribution in [0.25, 0.3) is 0 Å². The number of hydrogen-bond acceptors (Lipinski definition) is 2. The molecule has 82 valence electrons. The molecule has 3 heteroatoms. The van der Waals surface area contributed by atoms with E-state index in [1.807, 2.05) is 12.3 Å². The molecule has 0 bridgehead atoms. The number of thioether (sulfide) groups is 1. The van der Waals surface area contributed by atoms with Crippen LogP contribution in [0, 0.1) is 5.82 Å². The van der Waals surface area contributed by atoms with Crippen LogP contribution in [-0.4, -0.2) is 12.8 Å². The van der Waals surface area contributed by atoms with Gasteiger partial charge in [0, 0.05) is 10.4 Å². The molecule has 1 aromatic rings. The van der Waals surface area contributed by atoms with Crippen LogP contribution in [0.4, 0.5) is 4.39 Å². The summed E-state index contributed by atoms with van der Waals surface area (Å²) in [7, 11) is 0. The molecule has 1 N–H and O–H groups in total. The Morgan fingerprint density at radius 1 is 1.47 bits per heavy atom. The van der Waals surface area contributed by atoms with Gasteiger partial charge in [0.05, 0.1) is 0 Å². The van der Waals surface area contributed by atoms with Crippen molar-refractivity contribution in [3.05, 3.63) is 29.6 Å². The second-order valence-corrected chi connectivity index (χ2v) is 5.00. The van der Waals surface area contributed by atoms with Gasteiger partial charge in [0.1, 0.15) is 5.82 Å². The molecule has 1 aliphatic rings. The van der Waals surface area contributed by atoms with Gasteiger partial charge in [-0.05, 0) is 44.2 Å². The highest BCUT2D eigenvalue weighted by molar-refractivity contribution is 7.98. The van der Waals surface area contributed by atoms with E-state index in [9.17, 15) is 4.39 Å². The second kappa shape index (κ2) is 4.14. The van der Waals surface area contributed by atoms with E-state index in [0.717, 1.165) is 23.4 Å². The minimum Gasteiger partial charge on any atom is -0.308 e. The monoisotopic (exact) mass is 225 g/mol. The van der Waals surface area contributed by atoms with Crippen molar-refractivity contribution < 1.29 is 4.39 Å². The Kier molecular flexibility index (Phi) is 3.03. The molecule has 0 amide bonds. The lowest BCUT2D eigenvalue weighted by Gasteiger charge is -2.27. The van der Waals surface area contributed by atoms with E-state index >= 15 is 0 Å².